The van der Waals surface area contributed by atoms with Crippen molar-refractivity contribution in [2.45, 2.75) is 32.2 Å². The molecule has 0 saturated heterocycles. The third-order valence-electron chi connectivity index (χ3n) is 5.72. The van der Waals surface area contributed by atoms with E-state index in [4.69, 9.17) is 10.2 Å². The normalized spacial score (nSPS) is 10.7. The van der Waals surface area contributed by atoms with Gasteiger partial charge in [-0.15, -0.1) is 0 Å². The van der Waals surface area contributed by atoms with Crippen LogP contribution in [0.25, 0.3) is 33.6 Å². The van der Waals surface area contributed by atoms with Gasteiger partial charge in [-0.2, -0.15) is 5.10 Å². The molecule has 5 nitrogen and oxygen atoms in total. The van der Waals surface area contributed by atoms with Gasteiger partial charge in [0, 0.05) is 23.2 Å². The molecule has 0 aliphatic rings. The number of aromatic nitrogens is 2. The monoisotopic (exact) mass is 470 g/mol. The number of carboxylic acid groups (broad SMARTS) is 1. The van der Waals surface area contributed by atoms with Crippen molar-refractivity contribution < 1.29 is 14.1 Å². The van der Waals surface area contributed by atoms with E-state index >= 15 is 0 Å². The average Bonchev–Trinajstić information content (AvgIpc) is 3.27. The van der Waals surface area contributed by atoms with Crippen LogP contribution in [0.1, 0.15) is 25.7 Å². The molecule has 172 valence electrons. The Morgan fingerprint density at radius 3 is 1.88 bits per heavy atom. The number of aliphatic carboxylic acids is 1. The molecule has 0 saturated carbocycles. The maximum absolute atomic E-state index is 11.1. The van der Waals surface area contributed by atoms with Crippen LogP contribution in [0.15, 0.2) is 91.0 Å². The van der Waals surface area contributed by atoms with Crippen molar-refractivity contribution in [1.82, 2.24) is 9.78 Å². The zero-order valence-corrected chi connectivity index (χ0v) is 19.6. The molecule has 1 N–H and O–H groups in total. The molecule has 0 amide bonds. The van der Waals surface area contributed by atoms with Crippen LogP contribution in [0, 0.1) is 0 Å². The van der Waals surface area contributed by atoms with E-state index < -0.39 is 5.97 Å². The standard InChI is InChI=1S/C28H26N2O3S/c31-28(32)24(34-33)19-11-4-12-20-30-27(23-17-9-3-10-18-23)25(21-13-5-1-6-14-21)26(29-30)22-15-7-2-8-16-22/h1-3,5-10,13-18H,4,11-12,19-20H2,(H,31,32). The Morgan fingerprint density at radius 2 is 1.32 bits per heavy atom. The Morgan fingerprint density at radius 1 is 0.765 bits per heavy atom. The van der Waals surface area contributed by atoms with Crippen molar-refractivity contribution in [3.8, 4) is 33.6 Å². The summed E-state index contributed by atoms with van der Waals surface area (Å²) in [7, 11) is 0. The number of hydrogen-bond acceptors (Lipinski definition) is 3. The number of benzene rings is 3. The van der Waals surface area contributed by atoms with Gasteiger partial charge in [-0.25, -0.2) is 9.00 Å². The van der Waals surface area contributed by atoms with Crippen LogP contribution in [-0.2, 0) is 22.6 Å². The Balaban J connectivity index is 1.71. The van der Waals surface area contributed by atoms with E-state index in [1.807, 2.05) is 54.6 Å². The Bertz CT molecular complexity index is 1300. The van der Waals surface area contributed by atoms with Crippen LogP contribution in [-0.4, -0.2) is 29.9 Å². The molecule has 0 atom stereocenters. The van der Waals surface area contributed by atoms with Crippen LogP contribution >= 0.6 is 0 Å². The second kappa shape index (κ2) is 11.4. The minimum absolute atomic E-state index is 0.0261. The van der Waals surface area contributed by atoms with Gasteiger partial charge >= 0.3 is 5.97 Å². The first kappa shape index (κ1) is 23.4. The fourth-order valence-electron chi connectivity index (χ4n) is 4.10. The van der Waals surface area contributed by atoms with Gasteiger partial charge in [0.05, 0.1) is 16.9 Å². The second-order valence-electron chi connectivity index (χ2n) is 8.02. The zero-order valence-electron chi connectivity index (χ0n) is 18.8. The summed E-state index contributed by atoms with van der Waals surface area (Å²) in [4.78, 5) is 11.0. The zero-order chi connectivity index (χ0) is 23.8. The second-order valence-corrected chi connectivity index (χ2v) is 8.68. The summed E-state index contributed by atoms with van der Waals surface area (Å²) in [6.07, 6.45) is 2.61. The van der Waals surface area contributed by atoms with E-state index in [2.05, 4.69) is 41.1 Å². The van der Waals surface area contributed by atoms with Gasteiger partial charge in [0.25, 0.3) is 0 Å². The van der Waals surface area contributed by atoms with Crippen molar-refractivity contribution in [3.63, 3.8) is 0 Å². The predicted octanol–water partition coefficient (Wildman–Crippen LogP) is 5.91. The van der Waals surface area contributed by atoms with E-state index in [1.165, 1.54) is 0 Å². The largest absolute Gasteiger partial charge is 0.477 e. The Labute approximate surface area is 202 Å². The van der Waals surface area contributed by atoms with E-state index in [0.29, 0.717) is 19.4 Å². The minimum atomic E-state index is -1.11. The molecule has 1 aromatic heterocycles. The first-order valence-corrected chi connectivity index (χ1v) is 12.1. The summed E-state index contributed by atoms with van der Waals surface area (Å²) < 4.78 is 13.0. The fourth-order valence-corrected chi connectivity index (χ4v) is 4.40. The number of unbranched alkanes of at least 4 members (excludes halogenated alkanes) is 2. The average molecular weight is 471 g/mol. The van der Waals surface area contributed by atoms with Crippen LogP contribution in [0.4, 0.5) is 0 Å². The molecule has 4 aromatic rings. The van der Waals surface area contributed by atoms with E-state index in [0.717, 1.165) is 46.5 Å². The lowest BCUT2D eigenvalue weighted by molar-refractivity contribution is -0.129. The van der Waals surface area contributed by atoms with Crippen LogP contribution in [0.2, 0.25) is 0 Å². The van der Waals surface area contributed by atoms with E-state index in [9.17, 15) is 9.00 Å². The molecule has 0 bridgehead atoms. The number of hydrogen-bond donors (Lipinski definition) is 1. The first-order valence-electron chi connectivity index (χ1n) is 11.3. The van der Waals surface area contributed by atoms with Crippen molar-refractivity contribution in [3.05, 3.63) is 91.0 Å². The molecule has 3 aromatic carbocycles. The van der Waals surface area contributed by atoms with Gasteiger partial charge < -0.3 is 5.11 Å². The van der Waals surface area contributed by atoms with Crippen LogP contribution < -0.4 is 0 Å². The molecule has 0 aliphatic carbocycles. The Kier molecular flexibility index (Phi) is 7.83. The molecule has 0 spiro atoms. The highest BCUT2D eigenvalue weighted by Crippen LogP contribution is 2.40. The van der Waals surface area contributed by atoms with Gasteiger partial charge in [-0.05, 0) is 24.8 Å². The van der Waals surface area contributed by atoms with Gasteiger partial charge in [-0.3, -0.25) is 4.68 Å². The molecule has 0 aliphatic heterocycles. The third kappa shape index (κ3) is 5.41. The molecule has 0 fully saturated rings. The fraction of sp³-hybridized carbons (Fsp3) is 0.179. The van der Waals surface area contributed by atoms with E-state index in [-0.39, 0.29) is 16.1 Å². The molecular formula is C28H26N2O3S. The third-order valence-corrected chi connectivity index (χ3v) is 6.30. The maximum Gasteiger partial charge on any atom is 0.344 e. The highest BCUT2D eigenvalue weighted by Gasteiger charge is 2.21. The van der Waals surface area contributed by atoms with Gasteiger partial charge in [0.2, 0.25) is 0 Å². The highest BCUT2D eigenvalue weighted by molar-refractivity contribution is 7.68. The number of rotatable bonds is 10. The molecule has 0 radical (unpaired) electrons. The molecule has 4 rings (SSSR count). The number of carbonyl (C=O) groups is 1. The number of carboxylic acids is 1. The van der Waals surface area contributed by atoms with Crippen LogP contribution in [0.3, 0.4) is 0 Å². The lowest BCUT2D eigenvalue weighted by atomic mass is 9.96. The molecule has 1 heterocycles. The van der Waals surface area contributed by atoms with Gasteiger partial charge in [0.15, 0.2) is 0 Å². The van der Waals surface area contributed by atoms with Crippen LogP contribution in [0.5, 0.6) is 0 Å². The van der Waals surface area contributed by atoms with Crippen molar-refractivity contribution >= 4 is 22.1 Å². The molecule has 0 unspecified atom stereocenters. The summed E-state index contributed by atoms with van der Waals surface area (Å²) >= 11 is 0.0823. The lowest BCUT2D eigenvalue weighted by Gasteiger charge is -2.11. The SMILES string of the molecule is O=S=C(CCCCCn1nc(-c2ccccc2)c(-c2ccccc2)c1-c1ccccc1)C(=O)O. The predicted molar refractivity (Wildman–Crippen MR) is 138 cm³/mol. The van der Waals surface area contributed by atoms with Crippen molar-refractivity contribution in [2.24, 2.45) is 0 Å². The molecular weight excluding hydrogens is 444 g/mol. The maximum atomic E-state index is 11.1. The van der Waals surface area contributed by atoms with Gasteiger partial charge in [0.1, 0.15) is 10.6 Å². The Hall–Kier alpha value is -3.77. The lowest BCUT2D eigenvalue weighted by Crippen LogP contribution is -2.12. The van der Waals surface area contributed by atoms with Crippen molar-refractivity contribution in [2.75, 3.05) is 0 Å². The summed E-state index contributed by atoms with van der Waals surface area (Å²) in [5.41, 5.74) is 6.38. The summed E-state index contributed by atoms with van der Waals surface area (Å²) in [5.74, 6) is -1.11. The minimum Gasteiger partial charge on any atom is -0.477 e. The molecule has 6 heteroatoms. The van der Waals surface area contributed by atoms with E-state index in [1.54, 1.807) is 0 Å². The smallest absolute Gasteiger partial charge is 0.344 e. The quantitative estimate of drug-likeness (QED) is 0.231. The number of aryl methyl sites for hydroxylation is 1. The highest BCUT2D eigenvalue weighted by atomic mass is 32.1. The summed E-state index contributed by atoms with van der Waals surface area (Å²) in [5, 5.41) is 14.1. The number of nitrogens with zero attached hydrogens (tertiary/aromatic N) is 2. The molecule has 34 heavy (non-hydrogen) atoms. The topological polar surface area (TPSA) is 72.2 Å². The summed E-state index contributed by atoms with van der Waals surface area (Å²) in [6, 6.07) is 30.8. The van der Waals surface area contributed by atoms with Crippen molar-refractivity contribution in [1.29, 1.82) is 0 Å². The summed E-state index contributed by atoms with van der Waals surface area (Å²) in [6.45, 7) is 0.698. The van der Waals surface area contributed by atoms with Gasteiger partial charge in [-0.1, -0.05) is 97.4 Å². The first-order chi connectivity index (χ1) is 16.7.